The quantitative estimate of drug-likeness (QED) is 0.561. The van der Waals surface area contributed by atoms with Crippen molar-refractivity contribution in [2.45, 2.75) is 51.1 Å². The van der Waals surface area contributed by atoms with E-state index in [1.165, 1.54) is 32.1 Å². The summed E-state index contributed by atoms with van der Waals surface area (Å²) in [7, 11) is 0. The number of nitrogens with two attached hydrogens (primary N) is 1. The van der Waals surface area contributed by atoms with Gasteiger partial charge < -0.3 is 16.0 Å². The molecule has 2 fully saturated rings. The number of amides is 1. The van der Waals surface area contributed by atoms with Gasteiger partial charge in [0.05, 0.1) is 11.6 Å². The van der Waals surface area contributed by atoms with Crippen molar-refractivity contribution in [2.75, 3.05) is 36.4 Å². The second kappa shape index (κ2) is 10.3. The third kappa shape index (κ3) is 5.33. The van der Waals surface area contributed by atoms with Gasteiger partial charge in [-0.25, -0.2) is 0 Å². The Kier molecular flexibility index (Phi) is 7.49. The topological polar surface area (TPSA) is 61.6 Å². The van der Waals surface area contributed by atoms with Gasteiger partial charge in [-0.2, -0.15) is 0 Å². The number of nitrogens with one attached hydrogen (secondary N) is 1. The monoisotopic (exact) mass is 474 g/mol. The van der Waals surface area contributed by atoms with Gasteiger partial charge in [0.15, 0.2) is 0 Å². The van der Waals surface area contributed by atoms with Crippen LogP contribution in [0.3, 0.4) is 0 Å². The molecule has 0 aromatic heterocycles. The Morgan fingerprint density at radius 3 is 2.41 bits per heavy atom. The molecule has 1 saturated carbocycles. The molecule has 1 amide bonds. The molecule has 3 N–H and O–H groups in total. The standard InChI is InChI=1S/C25H32Cl2N4O/c1-17(21-9-7-18(26)15-23(21)27)29-24-16-20(8-10-22(24)25(28)32)31-13-11-30(12-14-31)19-5-3-2-4-6-19/h7-10,15-17,19,29H,2-6,11-14H2,1H3,(H2,28,32). The number of hydrogen-bond acceptors (Lipinski definition) is 4. The van der Waals surface area contributed by atoms with E-state index in [1.54, 1.807) is 6.07 Å². The molecule has 32 heavy (non-hydrogen) atoms. The summed E-state index contributed by atoms with van der Waals surface area (Å²) in [6.07, 6.45) is 6.80. The predicted octanol–water partition coefficient (Wildman–Crippen LogP) is 5.72. The third-order valence-corrected chi connectivity index (χ3v) is 7.40. The molecule has 1 saturated heterocycles. The number of piperazine rings is 1. The summed E-state index contributed by atoms with van der Waals surface area (Å²) in [5.41, 5.74) is 8.89. The summed E-state index contributed by atoms with van der Waals surface area (Å²) >= 11 is 12.4. The first-order chi connectivity index (χ1) is 15.4. The van der Waals surface area contributed by atoms with Crippen LogP contribution in [0.25, 0.3) is 0 Å². The first-order valence-corrected chi connectivity index (χ1v) is 12.3. The van der Waals surface area contributed by atoms with Crippen LogP contribution in [0.1, 0.15) is 61.0 Å². The summed E-state index contributed by atoms with van der Waals surface area (Å²) < 4.78 is 0. The van der Waals surface area contributed by atoms with Crippen molar-refractivity contribution in [3.05, 3.63) is 57.6 Å². The Morgan fingerprint density at radius 1 is 1.03 bits per heavy atom. The highest BCUT2D eigenvalue weighted by Crippen LogP contribution is 2.32. The zero-order chi connectivity index (χ0) is 22.7. The molecule has 5 nitrogen and oxygen atoms in total. The molecule has 1 unspecified atom stereocenters. The summed E-state index contributed by atoms with van der Waals surface area (Å²) in [4.78, 5) is 17.1. The van der Waals surface area contributed by atoms with Crippen LogP contribution in [0.4, 0.5) is 11.4 Å². The van der Waals surface area contributed by atoms with E-state index in [2.05, 4.69) is 15.1 Å². The SMILES string of the molecule is CC(Nc1cc(N2CCN(C3CCCCC3)CC2)ccc1C(N)=O)c1ccc(Cl)cc1Cl. The van der Waals surface area contributed by atoms with Crippen molar-refractivity contribution in [2.24, 2.45) is 5.73 Å². The maximum atomic E-state index is 12.1. The van der Waals surface area contributed by atoms with Gasteiger partial charge in [-0.1, -0.05) is 48.5 Å². The van der Waals surface area contributed by atoms with Crippen LogP contribution in [0.2, 0.25) is 10.0 Å². The molecule has 4 rings (SSSR count). The highest BCUT2D eigenvalue weighted by atomic mass is 35.5. The predicted molar refractivity (Wildman–Crippen MR) is 134 cm³/mol. The van der Waals surface area contributed by atoms with Gasteiger partial charge in [-0.3, -0.25) is 9.69 Å². The lowest BCUT2D eigenvalue weighted by atomic mass is 9.94. The number of halogens is 2. The Morgan fingerprint density at radius 2 is 1.75 bits per heavy atom. The minimum atomic E-state index is -0.449. The summed E-state index contributed by atoms with van der Waals surface area (Å²) in [5, 5.41) is 4.63. The van der Waals surface area contributed by atoms with Crippen LogP contribution in [-0.2, 0) is 0 Å². The van der Waals surface area contributed by atoms with E-state index < -0.39 is 5.91 Å². The number of benzene rings is 2. The fourth-order valence-electron chi connectivity index (χ4n) is 5.02. The van der Waals surface area contributed by atoms with Crippen molar-refractivity contribution in [3.63, 3.8) is 0 Å². The third-order valence-electron chi connectivity index (χ3n) is 6.84. The number of nitrogens with zero attached hydrogens (tertiary/aromatic N) is 2. The van der Waals surface area contributed by atoms with E-state index in [0.29, 0.717) is 15.6 Å². The average Bonchev–Trinajstić information content (AvgIpc) is 2.79. The van der Waals surface area contributed by atoms with Crippen LogP contribution in [0, 0.1) is 0 Å². The van der Waals surface area contributed by atoms with Crippen LogP contribution in [0.15, 0.2) is 36.4 Å². The number of hydrogen-bond donors (Lipinski definition) is 2. The Hall–Kier alpha value is -1.95. The van der Waals surface area contributed by atoms with Gasteiger partial charge in [0, 0.05) is 53.6 Å². The van der Waals surface area contributed by atoms with E-state index >= 15 is 0 Å². The van der Waals surface area contributed by atoms with Crippen LogP contribution in [-0.4, -0.2) is 43.0 Å². The second-order valence-electron chi connectivity index (χ2n) is 8.94. The van der Waals surface area contributed by atoms with E-state index in [0.717, 1.165) is 49.2 Å². The molecule has 2 aromatic carbocycles. The molecule has 0 bridgehead atoms. The van der Waals surface area contributed by atoms with Gasteiger partial charge >= 0.3 is 0 Å². The van der Waals surface area contributed by atoms with Gasteiger partial charge in [0.1, 0.15) is 0 Å². The van der Waals surface area contributed by atoms with Gasteiger partial charge in [-0.15, -0.1) is 0 Å². The summed E-state index contributed by atoms with van der Waals surface area (Å²) in [6.45, 7) is 6.16. The molecule has 0 spiro atoms. The Bertz CT molecular complexity index is 953. The highest BCUT2D eigenvalue weighted by molar-refractivity contribution is 6.35. The van der Waals surface area contributed by atoms with Crippen LogP contribution in [0.5, 0.6) is 0 Å². The molecular weight excluding hydrogens is 443 g/mol. The van der Waals surface area contributed by atoms with Crippen molar-refractivity contribution < 1.29 is 4.79 Å². The fraction of sp³-hybridized carbons (Fsp3) is 0.480. The maximum Gasteiger partial charge on any atom is 0.250 e. The maximum absolute atomic E-state index is 12.1. The van der Waals surface area contributed by atoms with Gasteiger partial charge in [0.2, 0.25) is 0 Å². The van der Waals surface area contributed by atoms with E-state index in [4.69, 9.17) is 28.9 Å². The van der Waals surface area contributed by atoms with E-state index in [9.17, 15) is 4.79 Å². The smallest absolute Gasteiger partial charge is 0.250 e. The van der Waals surface area contributed by atoms with Crippen LogP contribution < -0.4 is 16.0 Å². The molecule has 7 heteroatoms. The first-order valence-electron chi connectivity index (χ1n) is 11.6. The van der Waals surface area contributed by atoms with Gasteiger partial charge in [-0.05, 0) is 55.7 Å². The number of anilines is 2. The zero-order valence-corrected chi connectivity index (χ0v) is 20.1. The number of carbonyl (C=O) groups is 1. The number of carbonyl (C=O) groups excluding carboxylic acids is 1. The van der Waals surface area contributed by atoms with Crippen molar-refractivity contribution in [1.29, 1.82) is 0 Å². The molecule has 1 aliphatic heterocycles. The van der Waals surface area contributed by atoms with Gasteiger partial charge in [0.25, 0.3) is 5.91 Å². The lowest BCUT2D eigenvalue weighted by Gasteiger charge is -2.41. The minimum Gasteiger partial charge on any atom is -0.378 e. The average molecular weight is 475 g/mol. The molecule has 2 aliphatic rings. The molecule has 1 aliphatic carbocycles. The molecule has 0 radical (unpaired) electrons. The molecule has 1 atom stereocenters. The summed E-state index contributed by atoms with van der Waals surface area (Å²) in [5.74, 6) is -0.449. The van der Waals surface area contributed by atoms with E-state index in [-0.39, 0.29) is 6.04 Å². The van der Waals surface area contributed by atoms with Crippen molar-refractivity contribution in [3.8, 4) is 0 Å². The van der Waals surface area contributed by atoms with Crippen LogP contribution >= 0.6 is 23.2 Å². The summed E-state index contributed by atoms with van der Waals surface area (Å²) in [6, 6.07) is 12.0. The second-order valence-corrected chi connectivity index (χ2v) is 9.78. The highest BCUT2D eigenvalue weighted by Gasteiger charge is 2.26. The van der Waals surface area contributed by atoms with Crippen molar-refractivity contribution >= 4 is 40.5 Å². The molecular formula is C25H32Cl2N4O. The lowest BCUT2D eigenvalue weighted by molar-refractivity contribution is 0.100. The number of primary amides is 1. The normalized spacial score (nSPS) is 19.0. The molecule has 2 aromatic rings. The largest absolute Gasteiger partial charge is 0.378 e. The minimum absolute atomic E-state index is 0.115. The zero-order valence-electron chi connectivity index (χ0n) is 18.6. The van der Waals surface area contributed by atoms with Crippen molar-refractivity contribution in [1.82, 2.24) is 4.90 Å². The van der Waals surface area contributed by atoms with E-state index in [1.807, 2.05) is 37.3 Å². The Labute approximate surface area is 200 Å². The fourth-order valence-corrected chi connectivity index (χ4v) is 5.59. The number of rotatable bonds is 6. The molecule has 1 heterocycles. The first kappa shape index (κ1) is 23.2. The lowest BCUT2D eigenvalue weighted by Crippen LogP contribution is -2.50. The molecule has 172 valence electrons. The Balaban J connectivity index is 1.49.